The molecular formula is C21H23N5O4. The van der Waals surface area contributed by atoms with Gasteiger partial charge in [-0.15, -0.1) is 0 Å². The number of carbonyl (C=O) groups excluding carboxylic acids is 3. The second-order valence-electron chi connectivity index (χ2n) is 6.28. The van der Waals surface area contributed by atoms with Crippen molar-refractivity contribution in [3.63, 3.8) is 0 Å². The molecule has 0 saturated carbocycles. The van der Waals surface area contributed by atoms with Crippen LogP contribution < -0.4 is 16.6 Å². The summed E-state index contributed by atoms with van der Waals surface area (Å²) in [5.74, 6) is 3.94. The number of esters is 1. The molecule has 0 aliphatic rings. The van der Waals surface area contributed by atoms with Gasteiger partial charge in [-0.1, -0.05) is 18.2 Å². The molecule has 9 heteroatoms. The van der Waals surface area contributed by atoms with E-state index in [1.54, 1.807) is 68.7 Å². The summed E-state index contributed by atoms with van der Waals surface area (Å²) in [5, 5.41) is 2.79. The number of amides is 2. The first-order chi connectivity index (χ1) is 14.4. The molecule has 0 saturated heterocycles. The van der Waals surface area contributed by atoms with Crippen molar-refractivity contribution in [2.45, 2.75) is 0 Å². The molecular weight excluding hydrogens is 386 g/mol. The van der Waals surface area contributed by atoms with Crippen molar-refractivity contribution in [3.8, 4) is 0 Å². The lowest BCUT2D eigenvalue weighted by atomic mass is 10.1. The number of rotatable bonds is 8. The molecule has 0 atom stereocenters. The van der Waals surface area contributed by atoms with Gasteiger partial charge in [0.25, 0.3) is 11.8 Å². The lowest BCUT2D eigenvalue weighted by molar-refractivity contribution is -0.146. The maximum absolute atomic E-state index is 12.4. The fourth-order valence-corrected chi connectivity index (χ4v) is 2.19. The Hall–Kier alpha value is -3.98. The van der Waals surface area contributed by atoms with Gasteiger partial charge in [0.05, 0.1) is 5.69 Å². The highest BCUT2D eigenvalue weighted by Gasteiger charge is 2.08. The van der Waals surface area contributed by atoms with Crippen molar-refractivity contribution in [1.29, 1.82) is 0 Å². The zero-order valence-electron chi connectivity index (χ0n) is 16.7. The Kier molecular flexibility index (Phi) is 8.27. The van der Waals surface area contributed by atoms with Crippen LogP contribution in [-0.4, -0.2) is 49.7 Å². The van der Waals surface area contributed by atoms with Gasteiger partial charge in [-0.3, -0.25) is 9.59 Å². The van der Waals surface area contributed by atoms with E-state index in [2.05, 4.69) is 15.7 Å². The largest absolute Gasteiger partial charge is 0.452 e. The van der Waals surface area contributed by atoms with E-state index >= 15 is 0 Å². The molecule has 0 aromatic heterocycles. The number of hydrazine groups is 1. The molecule has 2 aromatic carbocycles. The average molecular weight is 409 g/mol. The highest BCUT2D eigenvalue weighted by molar-refractivity contribution is 6.04. The van der Waals surface area contributed by atoms with Crippen molar-refractivity contribution in [3.05, 3.63) is 65.7 Å². The van der Waals surface area contributed by atoms with Gasteiger partial charge in [0, 0.05) is 31.4 Å². The number of likely N-dealkylation sites (N-methyl/N-ethyl adjacent to an activating group) is 1. The second kappa shape index (κ2) is 11.1. The second-order valence-corrected chi connectivity index (χ2v) is 6.28. The van der Waals surface area contributed by atoms with E-state index in [0.717, 1.165) is 5.56 Å². The fraction of sp³-hybridized carbons (Fsp3) is 0.143. The molecule has 0 radical (unpaired) electrons. The van der Waals surface area contributed by atoms with Crippen molar-refractivity contribution in [1.82, 2.24) is 10.3 Å². The summed E-state index contributed by atoms with van der Waals surface area (Å²) < 4.78 is 4.85. The molecule has 0 spiro atoms. The third kappa shape index (κ3) is 7.21. The topological polar surface area (TPSA) is 126 Å². The molecule has 0 aliphatic heterocycles. The summed E-state index contributed by atoms with van der Waals surface area (Å²) in [4.78, 5) is 40.8. The predicted molar refractivity (Wildman–Crippen MR) is 115 cm³/mol. The van der Waals surface area contributed by atoms with E-state index in [0.29, 0.717) is 16.9 Å². The van der Waals surface area contributed by atoms with Crippen LogP contribution >= 0.6 is 0 Å². The first-order valence-electron chi connectivity index (χ1n) is 8.94. The van der Waals surface area contributed by atoms with Gasteiger partial charge >= 0.3 is 5.97 Å². The monoisotopic (exact) mass is 409 g/mol. The molecule has 156 valence electrons. The summed E-state index contributed by atoms with van der Waals surface area (Å²) in [6.07, 6.45) is 4.11. The van der Waals surface area contributed by atoms with Gasteiger partial charge in [0.2, 0.25) is 0 Å². The molecule has 9 nitrogen and oxygen atoms in total. The molecule has 0 unspecified atom stereocenters. The number of nitrogens with one attached hydrogen (secondary N) is 2. The third-order valence-corrected chi connectivity index (χ3v) is 3.81. The number of hydrogen-bond donors (Lipinski definition) is 3. The Balaban J connectivity index is 1.93. The van der Waals surface area contributed by atoms with Crippen LogP contribution in [-0.2, 0) is 14.3 Å². The minimum atomic E-state index is -0.616. The van der Waals surface area contributed by atoms with Crippen LogP contribution in [0.15, 0.2) is 59.6 Å². The number of ether oxygens (including phenoxy) is 1. The zero-order valence-corrected chi connectivity index (χ0v) is 16.7. The summed E-state index contributed by atoms with van der Waals surface area (Å²) in [7, 11) is 3.16. The number of benzene rings is 2. The van der Waals surface area contributed by atoms with Crippen LogP contribution in [0, 0.1) is 0 Å². The quantitative estimate of drug-likeness (QED) is 0.152. The Morgan fingerprint density at radius 2 is 1.87 bits per heavy atom. The van der Waals surface area contributed by atoms with Gasteiger partial charge in [0.15, 0.2) is 6.61 Å². The number of carbonyl (C=O) groups is 3. The summed E-state index contributed by atoms with van der Waals surface area (Å²) in [5.41, 5.74) is 4.65. The van der Waals surface area contributed by atoms with Crippen LogP contribution in [0.2, 0.25) is 0 Å². The summed E-state index contributed by atoms with van der Waals surface area (Å²) in [6.45, 7) is -0.309. The van der Waals surface area contributed by atoms with Crippen LogP contribution in [0.25, 0.3) is 6.08 Å². The Labute approximate surface area is 174 Å². The molecule has 0 fully saturated rings. The molecule has 2 amide bonds. The Bertz CT molecular complexity index is 952. The van der Waals surface area contributed by atoms with E-state index < -0.39 is 5.97 Å². The molecule has 2 rings (SSSR count). The minimum Gasteiger partial charge on any atom is -0.452 e. The fourth-order valence-electron chi connectivity index (χ4n) is 2.19. The van der Waals surface area contributed by atoms with Crippen LogP contribution in [0.3, 0.4) is 0 Å². The van der Waals surface area contributed by atoms with Crippen LogP contribution in [0.4, 0.5) is 11.4 Å². The molecule has 0 aliphatic carbocycles. The molecule has 4 N–H and O–H groups in total. The van der Waals surface area contributed by atoms with E-state index in [1.807, 2.05) is 0 Å². The number of nitrogens with two attached hydrogens (primary N) is 1. The summed E-state index contributed by atoms with van der Waals surface area (Å²) >= 11 is 0. The van der Waals surface area contributed by atoms with E-state index in [9.17, 15) is 14.4 Å². The van der Waals surface area contributed by atoms with Crippen LogP contribution in [0.1, 0.15) is 15.9 Å². The lowest BCUT2D eigenvalue weighted by Gasteiger charge is -2.09. The van der Waals surface area contributed by atoms with Crippen molar-refractivity contribution < 1.29 is 19.1 Å². The first-order valence-corrected chi connectivity index (χ1v) is 8.94. The normalized spacial score (nSPS) is 10.8. The predicted octanol–water partition coefficient (Wildman–Crippen LogP) is 1.71. The number of anilines is 1. The summed E-state index contributed by atoms with van der Waals surface area (Å²) in [6, 6.07) is 13.7. The number of hydrogen-bond acceptors (Lipinski definition) is 6. The maximum atomic E-state index is 12.4. The van der Waals surface area contributed by atoms with E-state index in [1.165, 1.54) is 17.3 Å². The minimum absolute atomic E-state index is 0.287. The van der Waals surface area contributed by atoms with Gasteiger partial charge in [-0.25, -0.2) is 15.6 Å². The highest BCUT2D eigenvalue weighted by Crippen LogP contribution is 2.16. The average Bonchev–Trinajstić information content (AvgIpc) is 2.75. The lowest BCUT2D eigenvalue weighted by Crippen LogP contribution is -2.27. The van der Waals surface area contributed by atoms with E-state index in [4.69, 9.17) is 10.6 Å². The molecule has 0 bridgehead atoms. The van der Waals surface area contributed by atoms with Gasteiger partial charge in [-0.2, -0.15) is 0 Å². The Morgan fingerprint density at radius 1 is 1.13 bits per heavy atom. The third-order valence-electron chi connectivity index (χ3n) is 3.81. The molecule has 30 heavy (non-hydrogen) atoms. The SMILES string of the molecule is CN(C)C(=O)COC(=O)C=Cc1ccc(NC(=O)c2cccc(N=CNN)c2)cc1. The van der Waals surface area contributed by atoms with Crippen molar-refractivity contribution in [2.75, 3.05) is 26.0 Å². The van der Waals surface area contributed by atoms with Gasteiger partial charge in [-0.05, 0) is 42.0 Å². The van der Waals surface area contributed by atoms with Crippen LogP contribution in [0.5, 0.6) is 0 Å². The van der Waals surface area contributed by atoms with Gasteiger partial charge in [0.1, 0.15) is 6.34 Å². The number of nitrogens with zero attached hydrogens (tertiary/aromatic N) is 2. The van der Waals surface area contributed by atoms with Crippen molar-refractivity contribution >= 4 is 41.6 Å². The smallest absolute Gasteiger partial charge is 0.331 e. The molecule has 2 aromatic rings. The Morgan fingerprint density at radius 3 is 2.53 bits per heavy atom. The van der Waals surface area contributed by atoms with E-state index in [-0.39, 0.29) is 18.4 Å². The number of aliphatic imine (C=N–C) groups is 1. The van der Waals surface area contributed by atoms with Crippen molar-refractivity contribution in [2.24, 2.45) is 10.8 Å². The van der Waals surface area contributed by atoms with Gasteiger partial charge < -0.3 is 20.4 Å². The first kappa shape index (κ1) is 22.3. The standard InChI is InChI=1S/C21H23N5O4/c1-26(2)19(27)13-30-20(28)11-8-15-6-9-17(10-7-15)25-21(29)16-4-3-5-18(12-16)23-14-24-22/h3-12,14H,13,22H2,1-2H3,(H,23,24)(H,25,29). The zero-order chi connectivity index (χ0) is 21.9. The maximum Gasteiger partial charge on any atom is 0.331 e. The highest BCUT2D eigenvalue weighted by atomic mass is 16.5. The molecule has 0 heterocycles.